The summed E-state index contributed by atoms with van der Waals surface area (Å²) in [5.74, 6) is 1.17. The number of nitrogens with zero attached hydrogens (tertiary/aromatic N) is 3. The highest BCUT2D eigenvalue weighted by atomic mass is 79.9. The molecule has 2 heterocycles. The van der Waals surface area contributed by atoms with Crippen molar-refractivity contribution in [3.05, 3.63) is 70.2 Å². The van der Waals surface area contributed by atoms with Crippen LogP contribution in [0.5, 0.6) is 11.5 Å². The molecule has 0 fully saturated rings. The molecule has 0 unspecified atom stereocenters. The SMILES string of the molecule is CCCOc1cc(C(=O)C(=Cc2ccc(Br)cc2)n2cncn2)cc2c1OC(C)(C)C2. The van der Waals surface area contributed by atoms with Crippen LogP contribution < -0.4 is 9.47 Å². The molecule has 1 aromatic heterocycles. The van der Waals surface area contributed by atoms with Crippen molar-refractivity contribution in [2.75, 3.05) is 6.61 Å². The number of carbonyl (C=O) groups excluding carboxylic acids is 1. The standard InChI is InChI=1S/C24H24BrN3O3/c1-4-9-30-21-12-17(11-18-13-24(2,3)31-23(18)21)22(29)20(28-15-26-14-27-28)10-16-5-7-19(25)8-6-16/h5-8,10-12,14-15H,4,9,13H2,1-3H3. The van der Waals surface area contributed by atoms with Crippen LogP contribution in [0, 0.1) is 0 Å². The van der Waals surface area contributed by atoms with Crippen molar-refractivity contribution in [1.82, 2.24) is 14.8 Å². The first-order valence-electron chi connectivity index (χ1n) is 10.2. The van der Waals surface area contributed by atoms with Crippen LogP contribution >= 0.6 is 15.9 Å². The van der Waals surface area contributed by atoms with E-state index in [0.717, 1.165) is 27.8 Å². The van der Waals surface area contributed by atoms with E-state index >= 15 is 0 Å². The molecule has 0 atom stereocenters. The smallest absolute Gasteiger partial charge is 0.211 e. The summed E-state index contributed by atoms with van der Waals surface area (Å²) in [6.07, 6.45) is 6.32. The summed E-state index contributed by atoms with van der Waals surface area (Å²) >= 11 is 3.44. The highest BCUT2D eigenvalue weighted by Crippen LogP contribution is 2.43. The highest BCUT2D eigenvalue weighted by Gasteiger charge is 2.34. The molecule has 0 bridgehead atoms. The minimum atomic E-state index is -0.337. The van der Waals surface area contributed by atoms with Crippen LogP contribution in [-0.2, 0) is 6.42 Å². The zero-order chi connectivity index (χ0) is 22.0. The van der Waals surface area contributed by atoms with Gasteiger partial charge in [0.1, 0.15) is 24.0 Å². The average molecular weight is 482 g/mol. The number of benzene rings is 2. The minimum absolute atomic E-state index is 0.165. The molecule has 6 nitrogen and oxygen atoms in total. The van der Waals surface area contributed by atoms with E-state index in [1.165, 1.54) is 17.3 Å². The fourth-order valence-electron chi connectivity index (χ4n) is 3.56. The zero-order valence-corrected chi connectivity index (χ0v) is 19.3. The molecular weight excluding hydrogens is 458 g/mol. The third-order valence-electron chi connectivity index (χ3n) is 4.92. The maximum Gasteiger partial charge on any atom is 0.211 e. The van der Waals surface area contributed by atoms with Crippen molar-refractivity contribution in [2.45, 2.75) is 39.2 Å². The molecule has 1 aliphatic heterocycles. The monoisotopic (exact) mass is 481 g/mol. The molecule has 0 amide bonds. The van der Waals surface area contributed by atoms with Gasteiger partial charge in [0.15, 0.2) is 11.5 Å². The first kappa shape index (κ1) is 21.3. The number of aromatic nitrogens is 3. The predicted octanol–water partition coefficient (Wildman–Crippen LogP) is 5.42. The molecule has 0 saturated heterocycles. The Hall–Kier alpha value is -2.93. The topological polar surface area (TPSA) is 66.2 Å². The molecule has 3 aromatic rings. The Morgan fingerprint density at radius 3 is 2.74 bits per heavy atom. The second-order valence-electron chi connectivity index (χ2n) is 8.10. The van der Waals surface area contributed by atoms with Gasteiger partial charge in [-0.15, -0.1) is 0 Å². The van der Waals surface area contributed by atoms with Crippen molar-refractivity contribution in [1.29, 1.82) is 0 Å². The lowest BCUT2D eigenvalue weighted by Crippen LogP contribution is -2.24. The molecule has 1 aliphatic rings. The van der Waals surface area contributed by atoms with E-state index in [0.29, 0.717) is 30.0 Å². The van der Waals surface area contributed by atoms with Gasteiger partial charge < -0.3 is 9.47 Å². The van der Waals surface area contributed by atoms with Crippen LogP contribution in [0.3, 0.4) is 0 Å². The number of hydrogen-bond acceptors (Lipinski definition) is 5. The Balaban J connectivity index is 1.78. The quantitative estimate of drug-likeness (QED) is 0.332. The fraction of sp³-hybridized carbons (Fsp3) is 0.292. The third-order valence-corrected chi connectivity index (χ3v) is 5.45. The number of allylic oxidation sites excluding steroid dienone is 1. The second kappa shape index (κ2) is 8.67. The van der Waals surface area contributed by atoms with E-state index in [9.17, 15) is 4.79 Å². The van der Waals surface area contributed by atoms with Crippen molar-refractivity contribution in [3.63, 3.8) is 0 Å². The summed E-state index contributed by atoms with van der Waals surface area (Å²) in [5.41, 5.74) is 2.46. The number of carbonyl (C=O) groups is 1. The maximum atomic E-state index is 13.6. The van der Waals surface area contributed by atoms with Gasteiger partial charge >= 0.3 is 0 Å². The summed E-state index contributed by atoms with van der Waals surface area (Å²) in [6.45, 7) is 6.67. The fourth-order valence-corrected chi connectivity index (χ4v) is 3.83. The normalized spacial score (nSPS) is 14.8. The number of halogens is 1. The van der Waals surface area contributed by atoms with Gasteiger partial charge in [-0.2, -0.15) is 5.10 Å². The Kier molecular flexibility index (Phi) is 5.96. The van der Waals surface area contributed by atoms with Crippen molar-refractivity contribution in [2.24, 2.45) is 0 Å². The van der Waals surface area contributed by atoms with Crippen LogP contribution in [0.4, 0.5) is 0 Å². The molecule has 0 radical (unpaired) electrons. The van der Waals surface area contributed by atoms with Crippen LogP contribution in [-0.4, -0.2) is 32.8 Å². The maximum absolute atomic E-state index is 13.6. The average Bonchev–Trinajstić information content (AvgIpc) is 3.37. The lowest BCUT2D eigenvalue weighted by Gasteiger charge is -2.18. The molecule has 0 aliphatic carbocycles. The summed E-state index contributed by atoms with van der Waals surface area (Å²) in [6, 6.07) is 11.4. The van der Waals surface area contributed by atoms with Gasteiger partial charge in [0.2, 0.25) is 5.78 Å². The largest absolute Gasteiger partial charge is 0.490 e. The highest BCUT2D eigenvalue weighted by molar-refractivity contribution is 9.10. The Bertz CT molecular complexity index is 1120. The molecule has 0 saturated carbocycles. The molecule has 31 heavy (non-hydrogen) atoms. The summed E-state index contributed by atoms with van der Waals surface area (Å²) in [4.78, 5) is 17.7. The molecule has 0 spiro atoms. The van der Waals surface area contributed by atoms with Gasteiger partial charge in [0.25, 0.3) is 0 Å². The Labute approximate surface area is 190 Å². The predicted molar refractivity (Wildman–Crippen MR) is 123 cm³/mol. The van der Waals surface area contributed by atoms with Crippen LogP contribution in [0.15, 0.2) is 53.5 Å². The number of rotatable bonds is 7. The zero-order valence-electron chi connectivity index (χ0n) is 17.8. The van der Waals surface area contributed by atoms with E-state index in [-0.39, 0.29) is 11.4 Å². The van der Waals surface area contributed by atoms with Gasteiger partial charge in [0.05, 0.1) is 6.61 Å². The van der Waals surface area contributed by atoms with Crippen molar-refractivity contribution in [3.8, 4) is 11.5 Å². The van der Waals surface area contributed by atoms with Gasteiger partial charge in [0, 0.05) is 22.0 Å². The van der Waals surface area contributed by atoms with Crippen LogP contribution in [0.2, 0.25) is 0 Å². The molecule has 0 N–H and O–H groups in total. The van der Waals surface area contributed by atoms with E-state index in [2.05, 4.69) is 26.0 Å². The number of ether oxygens (including phenoxy) is 2. The van der Waals surface area contributed by atoms with Gasteiger partial charge in [-0.25, -0.2) is 9.67 Å². The molecule has 4 rings (SSSR count). The van der Waals surface area contributed by atoms with Crippen molar-refractivity contribution < 1.29 is 14.3 Å². The lowest BCUT2D eigenvalue weighted by molar-refractivity contribution is 0.105. The number of Topliss-reactive ketones (excluding diaryl/α,β-unsaturated/α-hetero) is 1. The Morgan fingerprint density at radius 2 is 2.06 bits per heavy atom. The molecule has 2 aromatic carbocycles. The van der Waals surface area contributed by atoms with E-state index in [4.69, 9.17) is 9.47 Å². The minimum Gasteiger partial charge on any atom is -0.490 e. The van der Waals surface area contributed by atoms with Crippen LogP contribution in [0.25, 0.3) is 11.8 Å². The second-order valence-corrected chi connectivity index (χ2v) is 9.02. The number of ketones is 1. The summed E-state index contributed by atoms with van der Waals surface area (Å²) in [7, 11) is 0. The van der Waals surface area contributed by atoms with E-state index in [1.807, 2.05) is 57.2 Å². The summed E-state index contributed by atoms with van der Waals surface area (Å²) < 4.78 is 14.5. The number of hydrogen-bond donors (Lipinski definition) is 0. The van der Waals surface area contributed by atoms with Crippen molar-refractivity contribution >= 4 is 33.5 Å². The Morgan fingerprint density at radius 1 is 1.29 bits per heavy atom. The molecule has 7 heteroatoms. The van der Waals surface area contributed by atoms with Gasteiger partial charge in [-0.1, -0.05) is 35.0 Å². The van der Waals surface area contributed by atoms with E-state index < -0.39 is 0 Å². The first-order chi connectivity index (χ1) is 14.9. The molecular formula is C24H24BrN3O3. The lowest BCUT2D eigenvalue weighted by atomic mass is 9.97. The first-order valence-corrected chi connectivity index (χ1v) is 11.0. The number of fused-ring (bicyclic) bond motifs is 1. The third kappa shape index (κ3) is 4.71. The van der Waals surface area contributed by atoms with Gasteiger partial charge in [-0.3, -0.25) is 4.79 Å². The van der Waals surface area contributed by atoms with Gasteiger partial charge in [-0.05, 0) is 56.2 Å². The van der Waals surface area contributed by atoms with E-state index in [1.54, 1.807) is 6.07 Å². The van der Waals surface area contributed by atoms with Crippen LogP contribution in [0.1, 0.15) is 48.7 Å². The summed E-state index contributed by atoms with van der Waals surface area (Å²) in [5, 5.41) is 4.20. The molecule has 160 valence electrons.